The van der Waals surface area contributed by atoms with Gasteiger partial charge in [-0.25, -0.2) is 14.0 Å². The summed E-state index contributed by atoms with van der Waals surface area (Å²) < 4.78 is 27.1. The molecule has 3 aromatic heterocycles. The number of piperidine rings is 1. The maximum absolute atomic E-state index is 14.9. The molecule has 0 unspecified atom stereocenters. The van der Waals surface area contributed by atoms with E-state index in [1.807, 2.05) is 36.5 Å². The van der Waals surface area contributed by atoms with E-state index in [2.05, 4.69) is 31.9 Å². The summed E-state index contributed by atoms with van der Waals surface area (Å²) in [6, 6.07) is 21.1. The maximum atomic E-state index is 14.9. The summed E-state index contributed by atoms with van der Waals surface area (Å²) in [7, 11) is 0. The summed E-state index contributed by atoms with van der Waals surface area (Å²) in [4.78, 5) is 36.7. The molecule has 1 aliphatic carbocycles. The lowest BCUT2D eigenvalue weighted by Crippen LogP contribution is -2.45. The fourth-order valence-electron chi connectivity index (χ4n) is 5.43. The van der Waals surface area contributed by atoms with Crippen LogP contribution in [0.15, 0.2) is 85.2 Å². The minimum absolute atomic E-state index is 0.0509. The number of ether oxygens (including phenoxy) is 2. The van der Waals surface area contributed by atoms with Crippen molar-refractivity contribution >= 4 is 39.4 Å². The number of carbonyl (C=O) groups excluding carboxylic acids is 2. The molecule has 0 atom stereocenters. The number of hydrogen-bond acceptors (Lipinski definition) is 8. The van der Waals surface area contributed by atoms with Gasteiger partial charge in [-0.1, -0.05) is 24.3 Å². The van der Waals surface area contributed by atoms with Crippen LogP contribution in [0, 0.1) is 5.82 Å². The molecule has 3 N–H and O–H groups in total. The molecule has 3 amide bonds. The van der Waals surface area contributed by atoms with E-state index in [9.17, 15) is 14.0 Å². The third kappa shape index (κ3) is 7.84. The number of fused-ring (bicyclic) bond motifs is 1. The van der Waals surface area contributed by atoms with Gasteiger partial charge in [-0.2, -0.15) is 0 Å². The Hall–Kier alpha value is -5.07. The molecule has 0 bridgehead atoms. The molecule has 240 valence electrons. The average Bonchev–Trinajstić information content (AvgIpc) is 3.77. The van der Waals surface area contributed by atoms with Crippen LogP contribution in [0.5, 0.6) is 17.2 Å². The smallest absolute Gasteiger partial charge is 0.412 e. The van der Waals surface area contributed by atoms with Crippen LogP contribution in [0.2, 0.25) is 0 Å². The number of benzene rings is 2. The molecule has 2 aromatic carbocycles. The Bertz CT molecular complexity index is 1870. The molecule has 47 heavy (non-hydrogen) atoms. The van der Waals surface area contributed by atoms with Gasteiger partial charge in [0.15, 0.2) is 11.6 Å². The summed E-state index contributed by atoms with van der Waals surface area (Å²) in [5, 5.41) is 8.45. The van der Waals surface area contributed by atoms with Gasteiger partial charge in [-0.3, -0.25) is 14.9 Å². The monoisotopic (exact) mass is 652 g/mol. The first kappa shape index (κ1) is 30.6. The summed E-state index contributed by atoms with van der Waals surface area (Å²) in [6.45, 7) is 2.49. The maximum Gasteiger partial charge on any atom is 0.412 e. The number of para-hydroxylation sites is 1. The van der Waals surface area contributed by atoms with E-state index in [1.165, 1.54) is 23.5 Å². The highest BCUT2D eigenvalue weighted by Crippen LogP contribution is 2.39. The Morgan fingerprint density at radius 2 is 1.70 bits per heavy atom. The number of urea groups is 1. The largest absolute Gasteiger partial charge is 0.453 e. The highest BCUT2D eigenvalue weighted by Gasteiger charge is 2.24. The zero-order valence-electron chi connectivity index (χ0n) is 25.4. The summed E-state index contributed by atoms with van der Waals surface area (Å²) in [5.41, 5.74) is 3.00. The van der Waals surface area contributed by atoms with Crippen LogP contribution in [0.3, 0.4) is 0 Å². The first-order valence-electron chi connectivity index (χ1n) is 15.6. The van der Waals surface area contributed by atoms with Gasteiger partial charge < -0.3 is 25.4 Å². The van der Waals surface area contributed by atoms with Gasteiger partial charge in [-0.15, -0.1) is 11.3 Å². The van der Waals surface area contributed by atoms with Crippen molar-refractivity contribution in [2.75, 3.05) is 18.4 Å². The molecule has 1 saturated heterocycles. The van der Waals surface area contributed by atoms with Crippen LogP contribution in [0.1, 0.15) is 31.2 Å². The quantitative estimate of drug-likeness (QED) is 0.153. The van der Waals surface area contributed by atoms with E-state index < -0.39 is 11.9 Å². The number of pyridine rings is 2. The van der Waals surface area contributed by atoms with Crippen molar-refractivity contribution in [2.45, 2.75) is 44.3 Å². The van der Waals surface area contributed by atoms with Crippen molar-refractivity contribution in [3.8, 4) is 27.8 Å². The first-order valence-corrected chi connectivity index (χ1v) is 16.4. The molecular weight excluding hydrogens is 619 g/mol. The fourth-order valence-corrected chi connectivity index (χ4v) is 6.47. The lowest BCUT2D eigenvalue weighted by Gasteiger charge is -2.32. The molecule has 0 spiro atoms. The normalized spacial score (nSPS) is 15.3. The Morgan fingerprint density at radius 3 is 2.45 bits per heavy atom. The first-order chi connectivity index (χ1) is 22.9. The second kappa shape index (κ2) is 13.7. The Labute approximate surface area is 274 Å². The predicted octanol–water partition coefficient (Wildman–Crippen LogP) is 7.33. The number of thiophene rings is 1. The number of hydrogen-bond donors (Lipinski definition) is 3. The zero-order valence-corrected chi connectivity index (χ0v) is 26.3. The Morgan fingerprint density at radius 1 is 0.894 bits per heavy atom. The number of halogens is 1. The van der Waals surface area contributed by atoms with Crippen molar-refractivity contribution in [2.24, 2.45) is 0 Å². The molecule has 7 rings (SSSR count). The molecular formula is C35H33FN6O4S. The SMILES string of the molecule is O=C(Nc1ccc(Oc2ccnc3cc(-c4ccc(CN5CCC(NC(=O)Oc6ccccc6)CC5)cn4)sc23)c(F)c1)NC1CC1. The number of nitrogens with zero attached hydrogens (tertiary/aromatic N) is 3. The third-order valence-corrected chi connectivity index (χ3v) is 9.21. The molecule has 12 heteroatoms. The van der Waals surface area contributed by atoms with Crippen LogP contribution in [-0.4, -0.2) is 52.2 Å². The number of rotatable bonds is 9. The van der Waals surface area contributed by atoms with E-state index in [0.29, 0.717) is 17.2 Å². The highest BCUT2D eigenvalue weighted by atomic mass is 32.1. The Balaban J connectivity index is 0.939. The Kier molecular flexibility index (Phi) is 8.94. The fraction of sp³-hybridized carbons (Fsp3) is 0.257. The molecule has 2 fully saturated rings. The molecule has 4 heterocycles. The van der Waals surface area contributed by atoms with Crippen LogP contribution in [0.25, 0.3) is 20.8 Å². The van der Waals surface area contributed by atoms with E-state index in [0.717, 1.165) is 71.7 Å². The van der Waals surface area contributed by atoms with E-state index in [1.54, 1.807) is 30.5 Å². The highest BCUT2D eigenvalue weighted by molar-refractivity contribution is 7.22. The number of amides is 3. The number of aromatic nitrogens is 2. The molecule has 1 aliphatic heterocycles. The van der Waals surface area contributed by atoms with Crippen molar-refractivity contribution in [3.05, 3.63) is 96.6 Å². The number of carbonyl (C=O) groups is 2. The predicted molar refractivity (Wildman–Crippen MR) is 178 cm³/mol. The van der Waals surface area contributed by atoms with Crippen molar-refractivity contribution in [3.63, 3.8) is 0 Å². The van der Waals surface area contributed by atoms with E-state index in [-0.39, 0.29) is 23.9 Å². The van der Waals surface area contributed by atoms with Crippen molar-refractivity contribution < 1.29 is 23.5 Å². The zero-order chi connectivity index (χ0) is 32.2. The molecule has 1 saturated carbocycles. The van der Waals surface area contributed by atoms with Gasteiger partial charge in [-0.05, 0) is 67.6 Å². The summed E-state index contributed by atoms with van der Waals surface area (Å²) in [6.07, 6.45) is 6.73. The molecule has 10 nitrogen and oxygen atoms in total. The van der Waals surface area contributed by atoms with E-state index in [4.69, 9.17) is 14.5 Å². The number of nitrogens with one attached hydrogen (secondary N) is 3. The van der Waals surface area contributed by atoms with Gasteiger partial charge in [0.2, 0.25) is 0 Å². The van der Waals surface area contributed by atoms with Crippen LogP contribution in [0.4, 0.5) is 19.7 Å². The van der Waals surface area contributed by atoms with Gasteiger partial charge >= 0.3 is 12.1 Å². The van der Waals surface area contributed by atoms with Gasteiger partial charge in [0, 0.05) is 61.9 Å². The second-order valence-electron chi connectivity index (χ2n) is 11.7. The lowest BCUT2D eigenvalue weighted by molar-refractivity contribution is 0.169. The van der Waals surface area contributed by atoms with Crippen LogP contribution in [-0.2, 0) is 6.54 Å². The summed E-state index contributed by atoms with van der Waals surface area (Å²) in [5.74, 6) is 0.482. The molecule has 5 aromatic rings. The number of likely N-dealkylation sites (tertiary alicyclic amines) is 1. The van der Waals surface area contributed by atoms with Crippen LogP contribution >= 0.6 is 11.3 Å². The number of anilines is 1. The standard InChI is InChI=1S/C35H33FN6O4S/c36-27-18-25(40-34(43)39-23-7-8-23)9-11-30(27)46-31-12-15-37-29-19-32(47-33(29)31)28-10-6-22(20-38-28)21-42-16-13-24(14-17-42)41-35(44)45-26-4-2-1-3-5-26/h1-6,9-12,15,18-20,23-24H,7-8,13-14,16-17,21H2,(H,41,44)(H2,39,40,43). The van der Waals surface area contributed by atoms with Crippen LogP contribution < -0.4 is 25.4 Å². The third-order valence-electron chi connectivity index (χ3n) is 8.04. The van der Waals surface area contributed by atoms with Gasteiger partial charge in [0.1, 0.15) is 11.5 Å². The van der Waals surface area contributed by atoms with Crippen molar-refractivity contribution in [1.82, 2.24) is 25.5 Å². The minimum atomic E-state index is -0.584. The van der Waals surface area contributed by atoms with Gasteiger partial charge in [0.05, 0.1) is 20.8 Å². The molecule has 0 radical (unpaired) electrons. The lowest BCUT2D eigenvalue weighted by atomic mass is 10.0. The average molecular weight is 653 g/mol. The molecule has 2 aliphatic rings. The topological polar surface area (TPSA) is 118 Å². The second-order valence-corrected chi connectivity index (χ2v) is 12.8. The van der Waals surface area contributed by atoms with Gasteiger partial charge in [0.25, 0.3) is 0 Å². The van der Waals surface area contributed by atoms with E-state index >= 15 is 0 Å². The summed E-state index contributed by atoms with van der Waals surface area (Å²) >= 11 is 1.48. The van der Waals surface area contributed by atoms with Crippen molar-refractivity contribution in [1.29, 1.82) is 0 Å². The minimum Gasteiger partial charge on any atom is -0.453 e.